The summed E-state index contributed by atoms with van der Waals surface area (Å²) in [5.41, 5.74) is 5.07. The minimum Gasteiger partial charge on any atom is -0.383 e. The van der Waals surface area contributed by atoms with Gasteiger partial charge in [-0.15, -0.1) is 11.3 Å². The molecular formula is C21H21N5O2S. The molecule has 8 heteroatoms. The van der Waals surface area contributed by atoms with Gasteiger partial charge in [-0.05, 0) is 40.8 Å². The molecule has 1 amide bonds. The van der Waals surface area contributed by atoms with Crippen molar-refractivity contribution in [3.8, 4) is 11.4 Å². The van der Waals surface area contributed by atoms with Crippen LogP contribution in [-0.4, -0.2) is 45.9 Å². The highest BCUT2D eigenvalue weighted by molar-refractivity contribution is 7.17. The number of amides is 1. The van der Waals surface area contributed by atoms with Crippen molar-refractivity contribution < 1.29 is 9.53 Å². The molecule has 0 aromatic carbocycles. The summed E-state index contributed by atoms with van der Waals surface area (Å²) in [6.45, 7) is 0.917. The monoisotopic (exact) mass is 407 g/mol. The van der Waals surface area contributed by atoms with Gasteiger partial charge in [-0.3, -0.25) is 14.5 Å². The number of aryl methyl sites for hydroxylation is 1. The molecule has 0 saturated carbocycles. The van der Waals surface area contributed by atoms with Gasteiger partial charge in [0.05, 0.1) is 22.5 Å². The number of pyridine rings is 2. The third-order valence-electron chi connectivity index (χ3n) is 4.51. The lowest BCUT2D eigenvalue weighted by atomic mass is 10.1. The van der Waals surface area contributed by atoms with Gasteiger partial charge in [0.15, 0.2) is 0 Å². The fourth-order valence-electron chi connectivity index (χ4n) is 3.08. The zero-order chi connectivity index (χ0) is 20.2. The second kappa shape index (κ2) is 8.50. The van der Waals surface area contributed by atoms with Crippen molar-refractivity contribution in [2.45, 2.75) is 6.42 Å². The Balaban J connectivity index is 1.58. The summed E-state index contributed by atoms with van der Waals surface area (Å²) in [6.07, 6.45) is 4.43. The lowest BCUT2D eigenvalue weighted by Crippen LogP contribution is -2.27. The molecule has 0 aliphatic carbocycles. The van der Waals surface area contributed by atoms with E-state index in [-0.39, 0.29) is 5.91 Å². The van der Waals surface area contributed by atoms with Crippen LogP contribution in [0.4, 0.5) is 0 Å². The zero-order valence-corrected chi connectivity index (χ0v) is 17.1. The molecule has 148 valence electrons. The molecule has 0 bridgehead atoms. The number of hydrogen-bond acceptors (Lipinski definition) is 6. The highest BCUT2D eigenvalue weighted by atomic mass is 32.1. The fraction of sp³-hybridized carbons (Fsp3) is 0.238. The van der Waals surface area contributed by atoms with Gasteiger partial charge in [0, 0.05) is 39.5 Å². The lowest BCUT2D eigenvalue weighted by molar-refractivity contribution is 0.0932. The fourth-order valence-corrected chi connectivity index (χ4v) is 3.93. The number of methoxy groups -OCH3 is 1. The molecule has 4 rings (SSSR count). The van der Waals surface area contributed by atoms with Crippen LogP contribution in [0.25, 0.3) is 21.6 Å². The first-order valence-electron chi connectivity index (χ1n) is 9.23. The van der Waals surface area contributed by atoms with Crippen LogP contribution in [0.5, 0.6) is 0 Å². The van der Waals surface area contributed by atoms with Crippen LogP contribution in [0.3, 0.4) is 0 Å². The third-order valence-corrected chi connectivity index (χ3v) is 5.49. The Morgan fingerprint density at radius 3 is 2.86 bits per heavy atom. The second-order valence-electron chi connectivity index (χ2n) is 6.65. The average molecular weight is 407 g/mol. The van der Waals surface area contributed by atoms with Crippen LogP contribution >= 0.6 is 11.3 Å². The van der Waals surface area contributed by atoms with E-state index in [4.69, 9.17) is 4.74 Å². The van der Waals surface area contributed by atoms with Crippen molar-refractivity contribution >= 4 is 27.5 Å². The zero-order valence-electron chi connectivity index (χ0n) is 16.3. The van der Waals surface area contributed by atoms with E-state index in [1.54, 1.807) is 23.1 Å². The predicted octanol–water partition coefficient (Wildman–Crippen LogP) is 3.06. The third kappa shape index (κ3) is 4.33. The number of carbonyl (C=O) groups is 1. The van der Waals surface area contributed by atoms with Crippen LogP contribution in [0.2, 0.25) is 0 Å². The molecular weight excluding hydrogens is 386 g/mol. The summed E-state index contributed by atoms with van der Waals surface area (Å²) >= 11 is 1.63. The molecule has 4 aromatic heterocycles. The summed E-state index contributed by atoms with van der Waals surface area (Å²) in [7, 11) is 3.49. The van der Waals surface area contributed by atoms with Crippen molar-refractivity contribution in [2.24, 2.45) is 7.05 Å². The topological polar surface area (TPSA) is 81.9 Å². The SMILES string of the molecule is COCCNC(=O)c1cc(Cc2ccc(-c3ccn(C)n3)nc2)c2sccc2n1. The van der Waals surface area contributed by atoms with Crippen molar-refractivity contribution in [3.05, 3.63) is 64.9 Å². The van der Waals surface area contributed by atoms with E-state index in [1.807, 2.05) is 49.1 Å². The summed E-state index contributed by atoms with van der Waals surface area (Å²) in [5, 5.41) is 9.21. The predicted molar refractivity (Wildman–Crippen MR) is 113 cm³/mol. The number of ether oxygens (including phenoxy) is 1. The molecule has 0 aliphatic heterocycles. The van der Waals surface area contributed by atoms with Crippen LogP contribution in [0, 0.1) is 0 Å². The Kier molecular flexibility index (Phi) is 5.64. The smallest absolute Gasteiger partial charge is 0.269 e. The van der Waals surface area contributed by atoms with E-state index in [0.29, 0.717) is 25.3 Å². The van der Waals surface area contributed by atoms with Crippen molar-refractivity contribution in [2.75, 3.05) is 20.3 Å². The number of nitrogens with one attached hydrogen (secondary N) is 1. The first-order chi connectivity index (χ1) is 14.1. The van der Waals surface area contributed by atoms with Gasteiger partial charge < -0.3 is 10.1 Å². The number of carbonyl (C=O) groups excluding carboxylic acids is 1. The van der Waals surface area contributed by atoms with Gasteiger partial charge in [-0.2, -0.15) is 5.10 Å². The molecule has 0 fully saturated rings. The highest BCUT2D eigenvalue weighted by Crippen LogP contribution is 2.26. The van der Waals surface area contributed by atoms with E-state index in [9.17, 15) is 4.79 Å². The molecule has 0 spiro atoms. The standard InChI is InChI=1S/C21H21N5O2S/c1-26-8-5-17(25-26)16-4-3-14(13-23-16)11-15-12-19(21(27)22-7-9-28-2)24-18-6-10-29-20(15)18/h3-6,8,10,12-13H,7,9,11H2,1-2H3,(H,22,27). The van der Waals surface area contributed by atoms with Crippen molar-refractivity contribution in [1.82, 2.24) is 25.1 Å². The van der Waals surface area contributed by atoms with Crippen molar-refractivity contribution in [1.29, 1.82) is 0 Å². The summed E-state index contributed by atoms with van der Waals surface area (Å²) in [5.74, 6) is -0.194. The maximum Gasteiger partial charge on any atom is 0.269 e. The second-order valence-corrected chi connectivity index (χ2v) is 7.57. The number of hydrogen-bond donors (Lipinski definition) is 1. The van der Waals surface area contributed by atoms with E-state index in [1.165, 1.54) is 0 Å². The van der Waals surface area contributed by atoms with E-state index in [2.05, 4.69) is 26.4 Å². The molecule has 0 atom stereocenters. The molecule has 0 saturated heterocycles. The molecule has 0 unspecified atom stereocenters. The quantitative estimate of drug-likeness (QED) is 0.476. The van der Waals surface area contributed by atoms with Crippen LogP contribution < -0.4 is 5.32 Å². The Bertz CT molecular complexity index is 1130. The Labute approximate surface area is 172 Å². The van der Waals surface area contributed by atoms with E-state index < -0.39 is 0 Å². The maximum atomic E-state index is 12.4. The van der Waals surface area contributed by atoms with E-state index >= 15 is 0 Å². The lowest BCUT2D eigenvalue weighted by Gasteiger charge is -2.08. The van der Waals surface area contributed by atoms with Crippen LogP contribution in [0.1, 0.15) is 21.6 Å². The molecule has 7 nitrogen and oxygen atoms in total. The minimum atomic E-state index is -0.194. The van der Waals surface area contributed by atoms with Gasteiger partial charge in [0.25, 0.3) is 5.91 Å². The van der Waals surface area contributed by atoms with Gasteiger partial charge in [0.2, 0.25) is 0 Å². The summed E-state index contributed by atoms with van der Waals surface area (Å²) < 4.78 is 7.83. The largest absolute Gasteiger partial charge is 0.383 e. The Morgan fingerprint density at radius 2 is 2.14 bits per heavy atom. The Morgan fingerprint density at radius 1 is 1.24 bits per heavy atom. The number of rotatable bonds is 7. The number of aromatic nitrogens is 4. The van der Waals surface area contributed by atoms with Crippen LogP contribution in [-0.2, 0) is 18.2 Å². The molecule has 1 N–H and O–H groups in total. The first-order valence-corrected chi connectivity index (χ1v) is 10.1. The normalized spacial score (nSPS) is 11.1. The first kappa shape index (κ1) is 19.2. The van der Waals surface area contributed by atoms with Gasteiger partial charge >= 0.3 is 0 Å². The van der Waals surface area contributed by atoms with Crippen molar-refractivity contribution in [3.63, 3.8) is 0 Å². The van der Waals surface area contributed by atoms with E-state index in [0.717, 1.165) is 32.7 Å². The van der Waals surface area contributed by atoms with Gasteiger partial charge in [-0.1, -0.05) is 6.07 Å². The maximum absolute atomic E-state index is 12.4. The number of nitrogens with zero attached hydrogens (tertiary/aromatic N) is 4. The Hall–Kier alpha value is -3.10. The molecule has 29 heavy (non-hydrogen) atoms. The highest BCUT2D eigenvalue weighted by Gasteiger charge is 2.14. The molecule has 4 aromatic rings. The van der Waals surface area contributed by atoms with Gasteiger partial charge in [0.1, 0.15) is 11.4 Å². The summed E-state index contributed by atoms with van der Waals surface area (Å²) in [6, 6.07) is 9.78. The van der Waals surface area contributed by atoms with Crippen LogP contribution in [0.15, 0.2) is 48.1 Å². The molecule has 0 aliphatic rings. The summed E-state index contributed by atoms with van der Waals surface area (Å²) in [4.78, 5) is 21.5. The molecule has 0 radical (unpaired) electrons. The average Bonchev–Trinajstić information content (AvgIpc) is 3.37. The molecule has 4 heterocycles. The minimum absolute atomic E-state index is 0.194. The number of thiophene rings is 1. The van der Waals surface area contributed by atoms with Gasteiger partial charge in [-0.25, -0.2) is 4.98 Å². The number of fused-ring (bicyclic) bond motifs is 1.